The Balaban J connectivity index is 2.60. The lowest BCUT2D eigenvalue weighted by Gasteiger charge is -2.18. The third-order valence-corrected chi connectivity index (χ3v) is 2.90. The quantitative estimate of drug-likeness (QED) is 0.873. The lowest BCUT2D eigenvalue weighted by atomic mass is 10.0. The smallest absolute Gasteiger partial charge is 0.377 e. The van der Waals surface area contributed by atoms with Crippen molar-refractivity contribution in [1.29, 1.82) is 0 Å². The van der Waals surface area contributed by atoms with Crippen molar-refractivity contribution in [1.82, 2.24) is 0 Å². The van der Waals surface area contributed by atoms with Crippen LogP contribution < -0.4 is 0 Å². The van der Waals surface area contributed by atoms with E-state index in [9.17, 15) is 14.7 Å². The van der Waals surface area contributed by atoms with E-state index in [1.54, 1.807) is 51.1 Å². The molecule has 1 aromatic carbocycles. The molecule has 0 aliphatic rings. The molecule has 0 bridgehead atoms. The van der Waals surface area contributed by atoms with Crippen molar-refractivity contribution in [2.75, 3.05) is 7.11 Å². The number of esters is 2. The molecule has 0 radical (unpaired) electrons. The van der Waals surface area contributed by atoms with E-state index in [2.05, 4.69) is 4.74 Å². The molecule has 1 N–H and O–H groups in total. The Kier molecular flexibility index (Phi) is 4.45. The predicted molar refractivity (Wildman–Crippen MR) is 82.3 cm³/mol. The average Bonchev–Trinajstić information content (AvgIpc) is 2.83. The second kappa shape index (κ2) is 6.16. The fourth-order valence-corrected chi connectivity index (χ4v) is 1.99. The molecule has 0 aliphatic heterocycles. The maximum Gasteiger partial charge on any atom is 0.377 e. The average molecular weight is 318 g/mol. The fraction of sp³-hybridized carbons (Fsp3) is 0.294. The number of carbonyl (C=O) groups excluding carboxylic acids is 2. The van der Waals surface area contributed by atoms with Gasteiger partial charge in [0.15, 0.2) is 5.75 Å². The summed E-state index contributed by atoms with van der Waals surface area (Å²) in [6, 6.07) is 8.62. The molecule has 1 aromatic heterocycles. The van der Waals surface area contributed by atoms with Crippen molar-refractivity contribution in [3.8, 4) is 16.9 Å². The minimum atomic E-state index is -0.880. The van der Waals surface area contributed by atoms with Crippen LogP contribution in [-0.4, -0.2) is 29.8 Å². The standard InChI is InChI=1S/C17H18O6/c1-17(2,3)23-16(20)13-11(10-8-6-5-7-9-10)12(18)14(22-13)15(19)21-4/h5-9,18H,1-4H3. The van der Waals surface area contributed by atoms with Crippen molar-refractivity contribution >= 4 is 11.9 Å². The van der Waals surface area contributed by atoms with Gasteiger partial charge in [0.25, 0.3) is 5.76 Å². The summed E-state index contributed by atoms with van der Waals surface area (Å²) in [6.07, 6.45) is 0. The summed E-state index contributed by atoms with van der Waals surface area (Å²) in [5, 5.41) is 10.3. The van der Waals surface area contributed by atoms with Crippen LogP contribution in [0.3, 0.4) is 0 Å². The zero-order chi connectivity index (χ0) is 17.2. The van der Waals surface area contributed by atoms with Gasteiger partial charge in [-0.3, -0.25) is 0 Å². The van der Waals surface area contributed by atoms with E-state index in [0.717, 1.165) is 7.11 Å². The van der Waals surface area contributed by atoms with Crippen LogP contribution in [0.5, 0.6) is 5.75 Å². The summed E-state index contributed by atoms with van der Waals surface area (Å²) < 4.78 is 15.1. The van der Waals surface area contributed by atoms with E-state index in [0.29, 0.717) is 5.56 Å². The lowest BCUT2D eigenvalue weighted by Crippen LogP contribution is -2.24. The SMILES string of the molecule is COC(=O)c1oc(C(=O)OC(C)(C)C)c(-c2ccccc2)c1O. The van der Waals surface area contributed by atoms with Gasteiger partial charge in [-0.25, -0.2) is 9.59 Å². The minimum Gasteiger partial charge on any atom is -0.504 e. The van der Waals surface area contributed by atoms with Gasteiger partial charge in [-0.15, -0.1) is 0 Å². The molecular weight excluding hydrogens is 300 g/mol. The van der Waals surface area contributed by atoms with E-state index in [4.69, 9.17) is 9.15 Å². The Labute approximate surface area is 133 Å². The van der Waals surface area contributed by atoms with Gasteiger partial charge in [-0.1, -0.05) is 30.3 Å². The molecule has 1 heterocycles. The number of hydrogen-bond acceptors (Lipinski definition) is 6. The number of aromatic hydroxyl groups is 1. The molecule has 6 heteroatoms. The lowest BCUT2D eigenvalue weighted by molar-refractivity contribution is 0.00353. The van der Waals surface area contributed by atoms with Gasteiger partial charge in [-0.05, 0) is 26.3 Å². The van der Waals surface area contributed by atoms with Crippen molar-refractivity contribution in [3.05, 3.63) is 41.9 Å². The van der Waals surface area contributed by atoms with Gasteiger partial charge < -0.3 is 19.0 Å². The Morgan fingerprint density at radius 2 is 1.65 bits per heavy atom. The van der Waals surface area contributed by atoms with Gasteiger partial charge in [0.05, 0.1) is 12.7 Å². The Morgan fingerprint density at radius 1 is 1.04 bits per heavy atom. The monoisotopic (exact) mass is 318 g/mol. The predicted octanol–water partition coefficient (Wildman–Crippen LogP) is 3.39. The highest BCUT2D eigenvalue weighted by Crippen LogP contribution is 2.39. The first-order valence-corrected chi connectivity index (χ1v) is 6.97. The summed E-state index contributed by atoms with van der Waals surface area (Å²) in [4.78, 5) is 24.1. The van der Waals surface area contributed by atoms with Crippen molar-refractivity contribution in [2.24, 2.45) is 0 Å². The van der Waals surface area contributed by atoms with Gasteiger partial charge in [0, 0.05) is 0 Å². The molecule has 0 aliphatic carbocycles. The molecule has 6 nitrogen and oxygen atoms in total. The molecule has 0 fully saturated rings. The van der Waals surface area contributed by atoms with Crippen molar-refractivity contribution < 1.29 is 28.6 Å². The third kappa shape index (κ3) is 3.53. The van der Waals surface area contributed by atoms with E-state index < -0.39 is 29.0 Å². The Morgan fingerprint density at radius 3 is 2.17 bits per heavy atom. The summed E-state index contributed by atoms with van der Waals surface area (Å²) in [6.45, 7) is 5.12. The van der Waals surface area contributed by atoms with Gasteiger partial charge in [0.1, 0.15) is 5.60 Å². The first kappa shape index (κ1) is 16.6. The maximum absolute atomic E-state index is 12.4. The molecule has 23 heavy (non-hydrogen) atoms. The normalized spacial score (nSPS) is 11.1. The number of hydrogen-bond donors (Lipinski definition) is 1. The summed E-state index contributed by atoms with van der Waals surface area (Å²) in [5.41, 5.74) is -0.135. The van der Waals surface area contributed by atoms with Crippen LogP contribution >= 0.6 is 0 Å². The van der Waals surface area contributed by atoms with Gasteiger partial charge in [-0.2, -0.15) is 0 Å². The molecule has 0 amide bonds. The largest absolute Gasteiger partial charge is 0.504 e. The number of carbonyl (C=O) groups is 2. The van der Waals surface area contributed by atoms with E-state index in [-0.39, 0.29) is 11.3 Å². The van der Waals surface area contributed by atoms with E-state index in [1.165, 1.54) is 0 Å². The third-order valence-electron chi connectivity index (χ3n) is 2.90. The van der Waals surface area contributed by atoms with Crippen LogP contribution in [0.4, 0.5) is 0 Å². The highest BCUT2D eigenvalue weighted by molar-refractivity contribution is 6.01. The Hall–Kier alpha value is -2.76. The summed E-state index contributed by atoms with van der Waals surface area (Å²) >= 11 is 0. The molecule has 2 aromatic rings. The highest BCUT2D eigenvalue weighted by atomic mass is 16.6. The topological polar surface area (TPSA) is 86.0 Å². The van der Waals surface area contributed by atoms with Crippen LogP contribution in [0.2, 0.25) is 0 Å². The molecular formula is C17H18O6. The molecule has 0 unspecified atom stereocenters. The summed E-state index contributed by atoms with van der Waals surface area (Å²) in [7, 11) is 1.15. The van der Waals surface area contributed by atoms with Crippen LogP contribution in [0, 0.1) is 0 Å². The highest BCUT2D eigenvalue weighted by Gasteiger charge is 2.32. The molecule has 0 atom stereocenters. The molecule has 0 saturated carbocycles. The molecule has 0 spiro atoms. The Bertz CT molecular complexity index is 722. The first-order valence-electron chi connectivity index (χ1n) is 6.97. The molecule has 0 saturated heterocycles. The number of methoxy groups -OCH3 is 1. The minimum absolute atomic E-state index is 0.0975. The summed E-state index contributed by atoms with van der Waals surface area (Å²) in [5.74, 6) is -2.79. The van der Waals surface area contributed by atoms with E-state index in [1.807, 2.05) is 0 Å². The number of ether oxygens (including phenoxy) is 2. The number of benzene rings is 1. The second-order valence-electron chi connectivity index (χ2n) is 5.84. The van der Waals surface area contributed by atoms with Crippen LogP contribution in [-0.2, 0) is 9.47 Å². The fourth-order valence-electron chi connectivity index (χ4n) is 1.99. The second-order valence-corrected chi connectivity index (χ2v) is 5.84. The number of rotatable bonds is 3. The van der Waals surface area contributed by atoms with Gasteiger partial charge >= 0.3 is 11.9 Å². The molecule has 122 valence electrons. The zero-order valence-electron chi connectivity index (χ0n) is 13.4. The van der Waals surface area contributed by atoms with Crippen molar-refractivity contribution in [2.45, 2.75) is 26.4 Å². The molecule has 2 rings (SSSR count). The van der Waals surface area contributed by atoms with Crippen LogP contribution in [0.1, 0.15) is 41.9 Å². The first-order chi connectivity index (χ1) is 10.7. The van der Waals surface area contributed by atoms with Gasteiger partial charge in [0.2, 0.25) is 5.76 Å². The van der Waals surface area contributed by atoms with Crippen LogP contribution in [0.25, 0.3) is 11.1 Å². The maximum atomic E-state index is 12.4. The number of furan rings is 1. The zero-order valence-corrected chi connectivity index (χ0v) is 13.4. The van der Waals surface area contributed by atoms with E-state index >= 15 is 0 Å². The van der Waals surface area contributed by atoms with Crippen LogP contribution in [0.15, 0.2) is 34.7 Å². The van der Waals surface area contributed by atoms with Crippen molar-refractivity contribution in [3.63, 3.8) is 0 Å².